The molecule has 0 bridgehead atoms. The van der Waals surface area contributed by atoms with Crippen molar-refractivity contribution in [1.82, 2.24) is 0 Å². The van der Waals surface area contributed by atoms with Crippen molar-refractivity contribution in [1.29, 1.82) is 0 Å². The van der Waals surface area contributed by atoms with Gasteiger partial charge in [0.25, 0.3) is 0 Å². The number of aliphatic hydroxyl groups is 2. The first-order valence-corrected chi connectivity index (χ1v) is 15.9. The normalized spacial score (nSPS) is 43.0. The summed E-state index contributed by atoms with van der Waals surface area (Å²) in [6, 6.07) is 5.39. The van der Waals surface area contributed by atoms with Crippen LogP contribution in [0.3, 0.4) is 0 Å². The Bertz CT molecular complexity index is 1220. The van der Waals surface area contributed by atoms with Crippen LogP contribution in [-0.4, -0.2) is 33.5 Å². The molecule has 11 atom stereocenters. The molecule has 4 unspecified atom stereocenters. The number of nitrogens with one attached hydrogen (secondary N) is 1. The second kappa shape index (κ2) is 10.0. The lowest BCUT2D eigenvalue weighted by Crippen LogP contribution is -2.62. The van der Waals surface area contributed by atoms with Gasteiger partial charge in [-0.3, -0.25) is 0 Å². The summed E-state index contributed by atoms with van der Waals surface area (Å²) in [6.45, 7) is 13.9. The summed E-state index contributed by atoms with van der Waals surface area (Å²) >= 11 is 0. The minimum absolute atomic E-state index is 0.206. The van der Waals surface area contributed by atoms with Crippen molar-refractivity contribution in [2.24, 2.45) is 52.3 Å². The highest BCUT2D eigenvalue weighted by molar-refractivity contribution is 6.00. The number of aromatic carboxylic acids is 1. The molecule has 40 heavy (non-hydrogen) atoms. The molecule has 4 saturated carbocycles. The van der Waals surface area contributed by atoms with Crippen LogP contribution in [-0.2, 0) is 0 Å². The van der Waals surface area contributed by atoms with Gasteiger partial charge < -0.3 is 20.6 Å². The van der Waals surface area contributed by atoms with E-state index in [0.717, 1.165) is 49.1 Å². The average Bonchev–Trinajstić information content (AvgIpc) is 3.26. The summed E-state index contributed by atoms with van der Waals surface area (Å²) < 4.78 is 0. The van der Waals surface area contributed by atoms with E-state index in [-0.39, 0.29) is 23.0 Å². The second-order valence-corrected chi connectivity index (χ2v) is 14.7. The van der Waals surface area contributed by atoms with Crippen LogP contribution >= 0.6 is 0 Å². The van der Waals surface area contributed by atoms with Crippen molar-refractivity contribution in [3.63, 3.8) is 0 Å². The van der Waals surface area contributed by atoms with E-state index in [4.69, 9.17) is 0 Å². The first-order chi connectivity index (χ1) is 19.0. The Morgan fingerprint density at radius 3 is 2.52 bits per heavy atom. The Morgan fingerprint density at radius 1 is 1.07 bits per heavy atom. The minimum Gasteiger partial charge on any atom is -0.478 e. The van der Waals surface area contributed by atoms with Crippen molar-refractivity contribution >= 4 is 17.2 Å². The maximum Gasteiger partial charge on any atom is 0.336 e. The van der Waals surface area contributed by atoms with Crippen molar-refractivity contribution < 1.29 is 20.1 Å². The lowest BCUT2D eigenvalue weighted by atomic mass is 9.41. The molecule has 1 heterocycles. The van der Waals surface area contributed by atoms with Gasteiger partial charge in [-0.15, -0.1) is 0 Å². The SMILES string of the molecule is C=C1C=C(C[C@@H](C)C2CCC3C4C(CC[C@@]32C)[C@@]2(C)CC[C@@H](O)C[C@H]2[C@@H](CC)[C@H]4O)Nc2cccc(C(=O)O)c21. The molecule has 1 aromatic carbocycles. The zero-order chi connectivity index (χ0) is 28.6. The Morgan fingerprint density at radius 2 is 1.80 bits per heavy atom. The average molecular weight is 548 g/mol. The number of carbonyl (C=O) groups is 1. The molecule has 0 aromatic heterocycles. The fourth-order valence-electron chi connectivity index (χ4n) is 11.2. The predicted molar refractivity (Wildman–Crippen MR) is 160 cm³/mol. The summed E-state index contributed by atoms with van der Waals surface area (Å²) in [5, 5.41) is 35.7. The molecule has 4 N–H and O–H groups in total. The molecular formula is C35H49NO4. The third-order valence-electron chi connectivity index (χ3n) is 13.0. The molecule has 5 heteroatoms. The zero-order valence-corrected chi connectivity index (χ0v) is 24.8. The maximum atomic E-state index is 12.0. The third-order valence-corrected chi connectivity index (χ3v) is 13.0. The van der Waals surface area contributed by atoms with E-state index in [2.05, 4.69) is 39.6 Å². The van der Waals surface area contributed by atoms with Gasteiger partial charge in [0, 0.05) is 16.9 Å². The molecule has 0 amide bonds. The molecule has 0 saturated heterocycles. The smallest absolute Gasteiger partial charge is 0.336 e. The lowest BCUT2D eigenvalue weighted by molar-refractivity contribution is -0.203. The first kappa shape index (κ1) is 28.0. The van der Waals surface area contributed by atoms with Crippen molar-refractivity contribution in [3.05, 3.63) is 47.7 Å². The maximum absolute atomic E-state index is 12.0. The summed E-state index contributed by atoms with van der Waals surface area (Å²) in [5.41, 5.74) is 4.15. The van der Waals surface area contributed by atoms with Gasteiger partial charge >= 0.3 is 5.97 Å². The van der Waals surface area contributed by atoms with Crippen LogP contribution in [0, 0.1) is 52.3 Å². The summed E-state index contributed by atoms with van der Waals surface area (Å²) in [7, 11) is 0. The monoisotopic (exact) mass is 547 g/mol. The van der Waals surface area contributed by atoms with E-state index in [1.165, 1.54) is 25.7 Å². The first-order valence-electron chi connectivity index (χ1n) is 15.9. The number of aliphatic hydroxyl groups excluding tert-OH is 2. The van der Waals surface area contributed by atoms with Gasteiger partial charge in [-0.05, 0) is 127 Å². The number of anilines is 1. The van der Waals surface area contributed by atoms with Crippen LogP contribution in [0.25, 0.3) is 5.57 Å². The molecule has 0 radical (unpaired) electrons. The van der Waals surface area contributed by atoms with E-state index in [1.807, 2.05) is 12.1 Å². The Balaban J connectivity index is 1.23. The number of hydrogen-bond acceptors (Lipinski definition) is 4. The number of hydrogen-bond donors (Lipinski definition) is 4. The standard InChI is InChI=1S/C35H49NO4/c1-6-23-28-18-22(37)12-14-35(28,5)27-13-15-34(4)25(10-11-26(34)31(27)32(23)38)19(2)16-21-17-20(3)30-24(33(39)40)8-7-9-29(30)36-21/h7-9,17,19,22-23,25-28,31-32,36-38H,3,6,10-16,18H2,1-2,4-5H3,(H,39,40)/t19-,22-,23-,25?,26?,27?,28+,31?,32-,34-,35-/m1/s1. The van der Waals surface area contributed by atoms with E-state index >= 15 is 0 Å². The van der Waals surface area contributed by atoms with E-state index in [0.29, 0.717) is 52.6 Å². The molecule has 0 spiro atoms. The summed E-state index contributed by atoms with van der Waals surface area (Å²) in [5.74, 6) is 2.33. The van der Waals surface area contributed by atoms with Crippen LogP contribution in [0.15, 0.2) is 36.6 Å². The van der Waals surface area contributed by atoms with Crippen LogP contribution in [0.1, 0.15) is 101 Å². The summed E-state index contributed by atoms with van der Waals surface area (Å²) in [4.78, 5) is 11.8. The molecule has 5 nitrogen and oxygen atoms in total. The molecule has 5 aliphatic rings. The molecule has 4 aliphatic carbocycles. The Labute approximate surface area is 240 Å². The van der Waals surface area contributed by atoms with Gasteiger partial charge in [0.2, 0.25) is 0 Å². The van der Waals surface area contributed by atoms with Gasteiger partial charge in [-0.25, -0.2) is 4.79 Å². The van der Waals surface area contributed by atoms with E-state index in [1.54, 1.807) is 12.1 Å². The number of fused-ring (bicyclic) bond motifs is 6. The minimum atomic E-state index is -0.926. The number of benzene rings is 1. The van der Waals surface area contributed by atoms with Gasteiger partial charge in [-0.2, -0.15) is 0 Å². The fraction of sp³-hybridized carbons (Fsp3) is 0.686. The van der Waals surface area contributed by atoms with Gasteiger partial charge in [0.1, 0.15) is 0 Å². The highest BCUT2D eigenvalue weighted by atomic mass is 16.4. The largest absolute Gasteiger partial charge is 0.478 e. The van der Waals surface area contributed by atoms with Gasteiger partial charge in [0.05, 0.1) is 17.8 Å². The van der Waals surface area contributed by atoms with E-state index in [9.17, 15) is 20.1 Å². The molecular weight excluding hydrogens is 498 g/mol. The molecule has 4 fully saturated rings. The fourth-order valence-corrected chi connectivity index (χ4v) is 11.2. The number of allylic oxidation sites excluding steroid dienone is 3. The highest BCUT2D eigenvalue weighted by Crippen LogP contribution is 2.69. The van der Waals surface area contributed by atoms with Crippen molar-refractivity contribution in [2.45, 2.75) is 97.7 Å². The Hall–Kier alpha value is -2.11. The number of carboxylic acids is 1. The Kier molecular flexibility index (Phi) is 7.02. The van der Waals surface area contributed by atoms with Crippen LogP contribution in [0.5, 0.6) is 0 Å². The van der Waals surface area contributed by atoms with Crippen LogP contribution in [0.4, 0.5) is 5.69 Å². The quantitative estimate of drug-likeness (QED) is 0.309. The lowest BCUT2D eigenvalue weighted by Gasteiger charge is -2.64. The van der Waals surface area contributed by atoms with Crippen molar-refractivity contribution in [3.8, 4) is 0 Å². The highest BCUT2D eigenvalue weighted by Gasteiger charge is 2.64. The molecule has 1 aliphatic heterocycles. The number of carboxylic acid groups (broad SMARTS) is 1. The van der Waals surface area contributed by atoms with Crippen molar-refractivity contribution in [2.75, 3.05) is 5.32 Å². The van der Waals surface area contributed by atoms with Crippen LogP contribution < -0.4 is 5.32 Å². The second-order valence-electron chi connectivity index (χ2n) is 14.7. The topological polar surface area (TPSA) is 89.8 Å². The molecule has 218 valence electrons. The molecule has 1 aromatic rings. The van der Waals surface area contributed by atoms with Gasteiger partial charge in [0.15, 0.2) is 0 Å². The molecule has 6 rings (SSSR count). The third kappa shape index (κ3) is 4.13. The van der Waals surface area contributed by atoms with Crippen LogP contribution in [0.2, 0.25) is 0 Å². The van der Waals surface area contributed by atoms with Gasteiger partial charge in [-0.1, -0.05) is 46.8 Å². The predicted octanol–water partition coefficient (Wildman–Crippen LogP) is 7.36. The summed E-state index contributed by atoms with van der Waals surface area (Å²) in [6.07, 6.45) is 11.2. The van der Waals surface area contributed by atoms with E-state index < -0.39 is 5.97 Å². The number of rotatable bonds is 5. The zero-order valence-electron chi connectivity index (χ0n) is 24.8.